The molecule has 3 rings (SSSR count). The highest BCUT2D eigenvalue weighted by atomic mass is 35.5. The Hall–Kier alpha value is -2.05. The molecule has 2 aromatic carbocycles. The van der Waals surface area contributed by atoms with Crippen LogP contribution in [0.15, 0.2) is 42.5 Å². The van der Waals surface area contributed by atoms with Gasteiger partial charge in [-0.1, -0.05) is 36.7 Å². The van der Waals surface area contributed by atoms with E-state index >= 15 is 0 Å². The number of carbonyl (C=O) groups is 1. The lowest BCUT2D eigenvalue weighted by molar-refractivity contribution is -0.121. The van der Waals surface area contributed by atoms with Crippen LogP contribution in [0.1, 0.15) is 61.8 Å². The van der Waals surface area contributed by atoms with E-state index in [2.05, 4.69) is 30.4 Å². The van der Waals surface area contributed by atoms with Gasteiger partial charge in [0, 0.05) is 18.0 Å². The molecule has 0 unspecified atom stereocenters. The summed E-state index contributed by atoms with van der Waals surface area (Å²) in [6.45, 7) is 2.31. The van der Waals surface area contributed by atoms with Gasteiger partial charge in [-0.2, -0.15) is 0 Å². The van der Waals surface area contributed by atoms with E-state index in [0.29, 0.717) is 17.1 Å². The third kappa shape index (κ3) is 6.47. The number of sulfonamides is 1. The number of aryl methyl sites for hydroxylation is 2. The molecule has 1 N–H and O–H groups in total. The molecule has 2 aromatic rings. The molecule has 1 aliphatic rings. The van der Waals surface area contributed by atoms with Crippen LogP contribution in [-0.2, 0) is 27.7 Å². The number of carbonyl (C=O) groups excluding carboxylic acids is 1. The van der Waals surface area contributed by atoms with Gasteiger partial charge in [-0.05, 0) is 79.5 Å². The van der Waals surface area contributed by atoms with Crippen LogP contribution in [0, 0.1) is 0 Å². The third-order valence-electron chi connectivity index (χ3n) is 5.80. The average molecular weight is 463 g/mol. The van der Waals surface area contributed by atoms with E-state index < -0.39 is 10.0 Å². The summed E-state index contributed by atoms with van der Waals surface area (Å²) in [5, 5.41) is 3.67. The van der Waals surface area contributed by atoms with E-state index in [0.717, 1.165) is 24.8 Å². The fourth-order valence-electron chi connectivity index (χ4n) is 4.13. The lowest BCUT2D eigenvalue weighted by Crippen LogP contribution is -2.33. The van der Waals surface area contributed by atoms with Crippen LogP contribution in [0.4, 0.5) is 5.69 Å². The average Bonchev–Trinajstić information content (AvgIpc) is 2.75. The molecule has 1 atom stereocenters. The fourth-order valence-corrected chi connectivity index (χ4v) is 5.23. The lowest BCUT2D eigenvalue weighted by atomic mass is 9.89. The highest BCUT2D eigenvalue weighted by Gasteiger charge is 2.19. The van der Waals surface area contributed by atoms with Crippen LogP contribution in [-0.4, -0.2) is 27.1 Å². The normalized spacial score (nSPS) is 14.5. The molecule has 0 saturated heterocycles. The molecule has 31 heavy (non-hydrogen) atoms. The summed E-state index contributed by atoms with van der Waals surface area (Å²) in [4.78, 5) is 12.6. The number of amides is 1. The highest BCUT2D eigenvalue weighted by molar-refractivity contribution is 7.92. The number of rotatable bonds is 9. The summed E-state index contributed by atoms with van der Waals surface area (Å²) in [6.07, 6.45) is 7.41. The number of nitrogens with zero attached hydrogens (tertiary/aromatic N) is 1. The van der Waals surface area contributed by atoms with Crippen LogP contribution < -0.4 is 9.62 Å². The molecule has 0 saturated carbocycles. The van der Waals surface area contributed by atoms with Crippen molar-refractivity contribution in [1.29, 1.82) is 0 Å². The Morgan fingerprint density at radius 2 is 1.77 bits per heavy atom. The van der Waals surface area contributed by atoms with Gasteiger partial charge in [0.25, 0.3) is 0 Å². The molecule has 0 aromatic heterocycles. The second-order valence-corrected chi connectivity index (χ2v) is 10.5. The van der Waals surface area contributed by atoms with Gasteiger partial charge < -0.3 is 5.32 Å². The molecule has 0 bridgehead atoms. The zero-order valence-corrected chi connectivity index (χ0v) is 19.8. The van der Waals surface area contributed by atoms with Gasteiger partial charge in [0.05, 0.1) is 18.0 Å². The Morgan fingerprint density at radius 3 is 2.42 bits per heavy atom. The first-order valence-electron chi connectivity index (χ1n) is 10.9. The number of anilines is 1. The van der Waals surface area contributed by atoms with Gasteiger partial charge in [-0.25, -0.2) is 8.42 Å². The van der Waals surface area contributed by atoms with Crippen LogP contribution >= 0.6 is 11.6 Å². The maximum absolute atomic E-state index is 12.6. The predicted octanol–water partition coefficient (Wildman–Crippen LogP) is 5.03. The van der Waals surface area contributed by atoms with Crippen molar-refractivity contribution >= 4 is 33.2 Å². The van der Waals surface area contributed by atoms with Crippen LogP contribution in [0.5, 0.6) is 0 Å². The molecule has 0 aliphatic heterocycles. The van der Waals surface area contributed by atoms with Crippen molar-refractivity contribution in [2.75, 3.05) is 17.1 Å². The lowest BCUT2D eigenvalue weighted by Gasteiger charge is -2.23. The van der Waals surface area contributed by atoms with Crippen molar-refractivity contribution in [3.05, 3.63) is 64.2 Å². The van der Waals surface area contributed by atoms with Crippen molar-refractivity contribution in [3.8, 4) is 0 Å². The summed E-state index contributed by atoms with van der Waals surface area (Å²) in [5.74, 6) is -0.0610. The van der Waals surface area contributed by atoms with Crippen LogP contribution in [0.3, 0.4) is 0 Å². The van der Waals surface area contributed by atoms with Gasteiger partial charge in [0.15, 0.2) is 0 Å². The van der Waals surface area contributed by atoms with Crippen LogP contribution in [0.2, 0.25) is 5.02 Å². The van der Waals surface area contributed by atoms with Gasteiger partial charge in [-0.3, -0.25) is 9.10 Å². The van der Waals surface area contributed by atoms with E-state index in [4.69, 9.17) is 11.6 Å². The summed E-state index contributed by atoms with van der Waals surface area (Å²) in [5.41, 5.74) is 4.53. The Balaban J connectivity index is 1.58. The van der Waals surface area contributed by atoms with E-state index in [1.165, 1.54) is 34.5 Å². The number of nitrogens with one attached hydrogen (secondary N) is 1. The first kappa shape index (κ1) is 23.6. The molecule has 168 valence electrons. The second-order valence-electron chi connectivity index (χ2n) is 8.18. The topological polar surface area (TPSA) is 66.5 Å². The molecule has 0 radical (unpaired) electrons. The highest BCUT2D eigenvalue weighted by Crippen LogP contribution is 2.26. The van der Waals surface area contributed by atoms with Crippen molar-refractivity contribution in [1.82, 2.24) is 5.32 Å². The molecular weight excluding hydrogens is 432 g/mol. The number of fused-ring (bicyclic) bond motifs is 1. The Kier molecular flexibility index (Phi) is 8.00. The van der Waals surface area contributed by atoms with Crippen molar-refractivity contribution in [3.63, 3.8) is 0 Å². The molecule has 0 spiro atoms. The summed E-state index contributed by atoms with van der Waals surface area (Å²) >= 11 is 5.91. The quantitative estimate of drug-likeness (QED) is 0.568. The molecular formula is C24H31ClN2O3S. The van der Waals surface area contributed by atoms with Gasteiger partial charge in [0.2, 0.25) is 15.9 Å². The fraction of sp³-hybridized carbons (Fsp3) is 0.458. The molecule has 0 fully saturated rings. The number of hydrogen-bond acceptors (Lipinski definition) is 3. The zero-order chi connectivity index (χ0) is 22.4. The minimum absolute atomic E-state index is 0.0259. The number of hydrogen-bond donors (Lipinski definition) is 1. The molecule has 0 heterocycles. The Bertz CT molecular complexity index is 1010. The van der Waals surface area contributed by atoms with E-state index in [9.17, 15) is 13.2 Å². The molecule has 1 amide bonds. The van der Waals surface area contributed by atoms with Crippen molar-refractivity contribution < 1.29 is 13.2 Å². The Labute approximate surface area is 190 Å². The minimum atomic E-state index is -3.45. The number of halogens is 1. The number of benzene rings is 2. The maximum atomic E-state index is 12.6. The Morgan fingerprint density at radius 1 is 1.10 bits per heavy atom. The minimum Gasteiger partial charge on any atom is -0.349 e. The van der Waals surface area contributed by atoms with Gasteiger partial charge in [-0.15, -0.1) is 0 Å². The summed E-state index contributed by atoms with van der Waals surface area (Å²) in [7, 11) is -3.45. The zero-order valence-electron chi connectivity index (χ0n) is 18.2. The summed E-state index contributed by atoms with van der Waals surface area (Å²) < 4.78 is 25.7. The first-order valence-corrected chi connectivity index (χ1v) is 13.1. The van der Waals surface area contributed by atoms with E-state index in [1.54, 1.807) is 24.3 Å². The third-order valence-corrected chi connectivity index (χ3v) is 7.24. The molecule has 7 heteroatoms. The van der Waals surface area contributed by atoms with E-state index in [-0.39, 0.29) is 24.9 Å². The summed E-state index contributed by atoms with van der Waals surface area (Å²) in [6, 6.07) is 13.2. The SMILES string of the molecule is CC[C@H](NC(=O)CCCN(c1ccc(Cl)cc1)S(C)(=O)=O)c1ccc2c(c1)CCCC2. The van der Waals surface area contributed by atoms with Gasteiger partial charge in [0.1, 0.15) is 0 Å². The van der Waals surface area contributed by atoms with E-state index in [1.807, 2.05) is 0 Å². The van der Waals surface area contributed by atoms with Crippen molar-refractivity contribution in [2.24, 2.45) is 0 Å². The standard InChI is InChI=1S/C24H31ClN2O3S/c1-3-23(20-11-10-18-7-4-5-8-19(18)17-20)26-24(28)9-6-16-27(31(2,29)30)22-14-12-21(25)13-15-22/h10-15,17,23H,3-9,16H2,1-2H3,(H,26,28)/t23-/m0/s1. The first-order chi connectivity index (χ1) is 14.8. The maximum Gasteiger partial charge on any atom is 0.232 e. The largest absolute Gasteiger partial charge is 0.349 e. The van der Waals surface area contributed by atoms with Gasteiger partial charge >= 0.3 is 0 Å². The van der Waals surface area contributed by atoms with Crippen LogP contribution in [0.25, 0.3) is 0 Å². The predicted molar refractivity (Wildman–Crippen MR) is 127 cm³/mol. The smallest absolute Gasteiger partial charge is 0.232 e. The molecule has 5 nitrogen and oxygen atoms in total. The second kappa shape index (κ2) is 10.5. The monoisotopic (exact) mass is 462 g/mol. The van der Waals surface area contributed by atoms with Crippen molar-refractivity contribution in [2.45, 2.75) is 57.9 Å². The molecule has 1 aliphatic carbocycles.